The number of fused-ring (bicyclic) bond motifs is 8. The number of rotatable bonds is 7. The molecule has 1 fully saturated rings. The lowest BCUT2D eigenvalue weighted by atomic mass is 9.67. The Balaban J connectivity index is 1.39. The van der Waals surface area contributed by atoms with Crippen LogP contribution in [0, 0.1) is 11.3 Å². The number of aliphatic hydroxyl groups is 1. The van der Waals surface area contributed by atoms with Gasteiger partial charge in [0.2, 0.25) is 5.91 Å². The molecule has 14 heteroatoms. The van der Waals surface area contributed by atoms with Crippen LogP contribution in [-0.4, -0.2) is 105 Å². The van der Waals surface area contributed by atoms with E-state index in [0.717, 1.165) is 39.0 Å². The van der Waals surface area contributed by atoms with Crippen LogP contribution in [0.1, 0.15) is 83.2 Å². The third kappa shape index (κ3) is 7.69. The van der Waals surface area contributed by atoms with Crippen molar-refractivity contribution in [2.75, 3.05) is 27.3 Å². The zero-order valence-electron chi connectivity index (χ0n) is 35.1. The number of benzene rings is 2. The topological polar surface area (TPSA) is 176 Å². The van der Waals surface area contributed by atoms with Crippen molar-refractivity contribution in [2.45, 2.75) is 104 Å². The summed E-state index contributed by atoms with van der Waals surface area (Å²) in [4.78, 5) is 61.5. The molecular weight excluding hydrogens is 753 g/mol. The molecule has 4 N–H and O–H groups in total. The van der Waals surface area contributed by atoms with E-state index < -0.39 is 59.4 Å². The maximum atomic E-state index is 14.5. The lowest BCUT2D eigenvalue weighted by Crippen LogP contribution is -2.62. The molecule has 2 aliphatic heterocycles. The van der Waals surface area contributed by atoms with E-state index >= 15 is 0 Å². The number of aliphatic hydroxyl groups excluding tert-OH is 1. The predicted molar refractivity (Wildman–Crippen MR) is 222 cm³/mol. The quantitative estimate of drug-likeness (QED) is 0.189. The molecule has 6 bridgehead atoms. The van der Waals surface area contributed by atoms with Crippen LogP contribution in [0.25, 0.3) is 33.3 Å². The van der Waals surface area contributed by atoms with Crippen molar-refractivity contribution in [3.8, 4) is 28.1 Å². The number of pyridine rings is 1. The molecule has 0 radical (unpaired) electrons. The van der Waals surface area contributed by atoms with Gasteiger partial charge < -0.3 is 34.5 Å². The van der Waals surface area contributed by atoms with Gasteiger partial charge in [0.25, 0.3) is 11.8 Å². The van der Waals surface area contributed by atoms with Crippen molar-refractivity contribution in [1.29, 1.82) is 0 Å². The van der Waals surface area contributed by atoms with E-state index in [1.807, 2.05) is 18.2 Å². The molecule has 3 unspecified atom stereocenters. The summed E-state index contributed by atoms with van der Waals surface area (Å²) in [6.07, 6.45) is 0.892. The maximum absolute atomic E-state index is 14.5. The average molecular weight is 809 g/mol. The Morgan fingerprint density at radius 1 is 1.12 bits per heavy atom. The predicted octanol–water partition coefficient (Wildman–Crippen LogP) is 4.85. The highest BCUT2D eigenvalue weighted by atomic mass is 16.5. The van der Waals surface area contributed by atoms with Gasteiger partial charge in [-0.25, -0.2) is 5.43 Å². The number of amides is 3. The number of hydrogen-bond acceptors (Lipinski definition) is 10. The summed E-state index contributed by atoms with van der Waals surface area (Å²) >= 11 is 0. The molecule has 1 aliphatic carbocycles. The smallest absolute Gasteiger partial charge is 0.324 e. The molecule has 6 atom stereocenters. The Kier molecular flexibility index (Phi) is 11.6. The lowest BCUT2D eigenvalue weighted by Gasteiger charge is -2.42. The van der Waals surface area contributed by atoms with Gasteiger partial charge in [0.05, 0.1) is 18.0 Å². The molecule has 4 aromatic rings. The fourth-order valence-corrected chi connectivity index (χ4v) is 9.46. The second kappa shape index (κ2) is 16.4. The van der Waals surface area contributed by atoms with Crippen LogP contribution in [0.5, 0.6) is 5.75 Å². The Bertz CT molecular complexity index is 2280. The van der Waals surface area contributed by atoms with Crippen molar-refractivity contribution in [3.63, 3.8) is 0 Å². The number of nitrogens with one attached hydrogen (secondary N) is 2. The van der Waals surface area contributed by atoms with Crippen molar-refractivity contribution >= 4 is 34.6 Å². The van der Waals surface area contributed by atoms with E-state index in [4.69, 9.17) is 14.5 Å². The second-order valence-corrected chi connectivity index (χ2v) is 17.2. The van der Waals surface area contributed by atoms with Gasteiger partial charge in [-0.1, -0.05) is 39.8 Å². The van der Waals surface area contributed by atoms with Gasteiger partial charge in [-0.15, -0.1) is 0 Å². The Morgan fingerprint density at radius 2 is 1.88 bits per heavy atom. The van der Waals surface area contributed by atoms with Crippen LogP contribution in [-0.2, 0) is 41.6 Å². The summed E-state index contributed by atoms with van der Waals surface area (Å²) in [5.41, 5.74) is 9.44. The minimum absolute atomic E-state index is 0.0163. The van der Waals surface area contributed by atoms with Crippen LogP contribution < -0.4 is 10.7 Å². The van der Waals surface area contributed by atoms with Crippen LogP contribution in [0.2, 0.25) is 0 Å². The number of nitrogens with zero attached hydrogens (tertiary/aromatic N) is 4. The van der Waals surface area contributed by atoms with Crippen molar-refractivity contribution in [2.24, 2.45) is 11.3 Å². The first-order chi connectivity index (χ1) is 28.1. The van der Waals surface area contributed by atoms with Crippen molar-refractivity contribution < 1.29 is 38.9 Å². The summed E-state index contributed by atoms with van der Waals surface area (Å²) in [6.45, 7) is 12.1. The highest BCUT2D eigenvalue weighted by molar-refractivity contribution is 5.97. The zero-order valence-corrected chi connectivity index (χ0v) is 35.1. The number of esters is 1. The van der Waals surface area contributed by atoms with E-state index in [1.165, 1.54) is 23.9 Å². The van der Waals surface area contributed by atoms with Gasteiger partial charge in [0, 0.05) is 67.7 Å². The number of phenolic OH excluding ortho intramolecular Hbond substituents is 1. The minimum Gasteiger partial charge on any atom is -0.508 e. The first kappa shape index (κ1) is 41.8. The van der Waals surface area contributed by atoms with Crippen LogP contribution >= 0.6 is 0 Å². The first-order valence-electron chi connectivity index (χ1n) is 20.5. The number of aromatic hydroxyl groups is 1. The highest BCUT2D eigenvalue weighted by Gasteiger charge is 2.47. The molecule has 7 rings (SSSR count). The Morgan fingerprint density at radius 3 is 2.58 bits per heavy atom. The molecule has 1 saturated heterocycles. The molecule has 2 aromatic carbocycles. The number of aromatic nitrogens is 2. The number of ether oxygens (including phenoxy) is 2. The molecular formula is C45H56N6O8. The number of phenols is 1. The zero-order chi connectivity index (χ0) is 42.5. The number of carbonyl (C=O) groups excluding carboxylic acids is 4. The summed E-state index contributed by atoms with van der Waals surface area (Å²) < 4.78 is 14.8. The molecule has 0 saturated carbocycles. The SMILES string of the molecule is CCn1c2c3c4cc(ccc41)-c1cc(O)cc(c1)CC(NC(=O)[C@H](C(C)C)N(C)C(=O)C(C)O)C(=O)N1CCC[C@H](N1)C(=O)OCC(C)(C)C3[C@H](OC)c1ncccc1-2. The van der Waals surface area contributed by atoms with Crippen LogP contribution in [0.4, 0.5) is 0 Å². The third-order valence-electron chi connectivity index (χ3n) is 12.2. The lowest BCUT2D eigenvalue weighted by molar-refractivity contribution is -0.156. The number of likely N-dealkylation sites (N-methyl/N-ethyl adjacent to an activating group) is 1. The molecule has 14 nitrogen and oxygen atoms in total. The molecule has 314 valence electrons. The fourth-order valence-electron chi connectivity index (χ4n) is 9.46. The van der Waals surface area contributed by atoms with E-state index in [0.29, 0.717) is 30.5 Å². The van der Waals surface area contributed by atoms with Crippen LogP contribution in [0.15, 0.2) is 54.7 Å². The molecule has 3 aliphatic rings. The number of methoxy groups -OCH3 is 1. The van der Waals surface area contributed by atoms with E-state index in [9.17, 15) is 29.4 Å². The number of cyclic esters (lactones) is 1. The fraction of sp³-hybridized carbons (Fsp3) is 0.489. The molecule has 3 amide bonds. The first-order valence-corrected chi connectivity index (χ1v) is 20.5. The molecule has 4 heterocycles. The van der Waals surface area contributed by atoms with E-state index in [2.05, 4.69) is 54.3 Å². The summed E-state index contributed by atoms with van der Waals surface area (Å²) in [7, 11) is 3.14. The van der Waals surface area contributed by atoms with Gasteiger partial charge in [0.15, 0.2) is 0 Å². The highest BCUT2D eigenvalue weighted by Crippen LogP contribution is 2.57. The second-order valence-electron chi connectivity index (χ2n) is 17.2. The minimum atomic E-state index is -1.33. The monoisotopic (exact) mass is 808 g/mol. The van der Waals surface area contributed by atoms with Gasteiger partial charge in [-0.2, -0.15) is 0 Å². The van der Waals surface area contributed by atoms with Gasteiger partial charge in [0.1, 0.15) is 36.1 Å². The van der Waals surface area contributed by atoms with Gasteiger partial charge in [-0.3, -0.25) is 29.2 Å². The number of carbonyl (C=O) groups is 4. The largest absolute Gasteiger partial charge is 0.508 e. The number of hydrazine groups is 1. The van der Waals surface area contributed by atoms with E-state index in [-0.39, 0.29) is 37.2 Å². The van der Waals surface area contributed by atoms with Crippen molar-refractivity contribution in [3.05, 3.63) is 71.5 Å². The van der Waals surface area contributed by atoms with Gasteiger partial charge in [-0.05, 0) is 91.3 Å². The number of aryl methyl sites for hydroxylation is 1. The van der Waals surface area contributed by atoms with Gasteiger partial charge >= 0.3 is 5.97 Å². The average Bonchev–Trinajstić information content (AvgIpc) is 3.54. The normalized spacial score (nSPS) is 22.6. The standard InChI is InChI=1S/C45H56N6O8/c1-9-50-34-15-14-27-22-31(34)35-36(40(58-8)37-30(39(35)50)12-10-16-46-37)45(5,6)23-59-44(57)32-13-11-17-51(48-32)43(56)33(20-26-18-28(27)21-29(53)19-26)47-41(54)38(24(2)3)49(7)42(55)25(4)52/h10,12,14-16,18-19,21-22,24-25,32-33,36,38,40,48,52-53H,9,11,13,17,20,23H2,1-8H3,(H,47,54)/t25?,32-,33?,36?,38-,40-/m0/s1. The number of hydrogen-bond donors (Lipinski definition) is 4. The molecule has 59 heavy (non-hydrogen) atoms. The Hall–Kier alpha value is -5.31. The van der Waals surface area contributed by atoms with Crippen LogP contribution in [0.3, 0.4) is 0 Å². The molecule has 2 aromatic heterocycles. The summed E-state index contributed by atoms with van der Waals surface area (Å²) in [6, 6.07) is 12.4. The summed E-state index contributed by atoms with van der Waals surface area (Å²) in [5, 5.41) is 26.5. The van der Waals surface area contributed by atoms with E-state index in [1.54, 1.807) is 39.3 Å². The maximum Gasteiger partial charge on any atom is 0.324 e. The molecule has 0 spiro atoms. The summed E-state index contributed by atoms with van der Waals surface area (Å²) in [5.74, 6) is -2.89. The Labute approximate surface area is 344 Å². The van der Waals surface area contributed by atoms with Crippen molar-refractivity contribution in [1.82, 2.24) is 30.2 Å². The third-order valence-corrected chi connectivity index (χ3v) is 12.2.